The van der Waals surface area contributed by atoms with Crippen molar-refractivity contribution < 1.29 is 14.1 Å². The Labute approximate surface area is 138 Å². The Hall–Kier alpha value is -2.34. The molecule has 0 aliphatic carbocycles. The van der Waals surface area contributed by atoms with Crippen LogP contribution in [0.4, 0.5) is 4.79 Å². The number of hydrogen-bond donors (Lipinski definition) is 1. The number of carbonyl (C=O) groups is 2. The molecule has 3 amide bonds. The molecule has 0 bridgehead atoms. The number of carbonyl (C=O) groups excluding carboxylic acids is 2. The molecular formula is C16H16ClN3O3. The van der Waals surface area contributed by atoms with Crippen LogP contribution in [0.1, 0.15) is 19.6 Å². The third-order valence-corrected chi connectivity index (χ3v) is 3.99. The van der Waals surface area contributed by atoms with Crippen LogP contribution in [0.15, 0.2) is 34.9 Å². The number of halogens is 1. The summed E-state index contributed by atoms with van der Waals surface area (Å²) in [5.74, 6) is 0.244. The minimum Gasteiger partial charge on any atom is -0.359 e. The van der Waals surface area contributed by atoms with Gasteiger partial charge in [-0.3, -0.25) is 9.69 Å². The molecule has 120 valence electrons. The van der Waals surface area contributed by atoms with Crippen molar-refractivity contribution in [2.75, 3.05) is 0 Å². The molecule has 2 aromatic rings. The maximum atomic E-state index is 12.2. The molecule has 1 atom stereocenters. The van der Waals surface area contributed by atoms with E-state index in [1.165, 1.54) is 0 Å². The summed E-state index contributed by atoms with van der Waals surface area (Å²) >= 11 is 5.86. The molecule has 1 aliphatic heterocycles. The zero-order valence-electron chi connectivity index (χ0n) is 12.7. The Morgan fingerprint density at radius 1 is 1.30 bits per heavy atom. The van der Waals surface area contributed by atoms with Gasteiger partial charge in [-0.25, -0.2) is 4.79 Å². The molecule has 0 spiro atoms. The summed E-state index contributed by atoms with van der Waals surface area (Å²) in [6, 6.07) is 8.00. The highest BCUT2D eigenvalue weighted by Crippen LogP contribution is 2.23. The van der Waals surface area contributed by atoms with Crippen molar-refractivity contribution in [3.05, 3.63) is 41.1 Å². The van der Waals surface area contributed by atoms with Crippen LogP contribution < -0.4 is 5.32 Å². The van der Waals surface area contributed by atoms with Gasteiger partial charge in [0.25, 0.3) is 5.91 Å². The third kappa shape index (κ3) is 3.07. The van der Waals surface area contributed by atoms with Gasteiger partial charge in [-0.15, -0.1) is 0 Å². The van der Waals surface area contributed by atoms with Crippen LogP contribution in [0.2, 0.25) is 5.02 Å². The molecule has 7 heteroatoms. The number of imide groups is 1. The van der Waals surface area contributed by atoms with Crippen LogP contribution in [0.25, 0.3) is 11.3 Å². The SMILES string of the molecule is CC(C)C1NC(=O)N(Cc2cc(-c3ccc(Cl)cc3)no2)C1=O. The van der Waals surface area contributed by atoms with Crippen molar-refractivity contribution in [1.29, 1.82) is 0 Å². The van der Waals surface area contributed by atoms with E-state index in [0.717, 1.165) is 10.5 Å². The van der Waals surface area contributed by atoms with Crippen LogP contribution in [0.3, 0.4) is 0 Å². The van der Waals surface area contributed by atoms with E-state index in [0.29, 0.717) is 16.5 Å². The highest BCUT2D eigenvalue weighted by molar-refractivity contribution is 6.30. The lowest BCUT2D eigenvalue weighted by atomic mass is 10.1. The van der Waals surface area contributed by atoms with E-state index in [2.05, 4.69) is 10.5 Å². The van der Waals surface area contributed by atoms with Crippen LogP contribution in [0.5, 0.6) is 0 Å². The van der Waals surface area contributed by atoms with Gasteiger partial charge in [0.15, 0.2) is 5.76 Å². The summed E-state index contributed by atoms with van der Waals surface area (Å²) in [7, 11) is 0. The van der Waals surface area contributed by atoms with E-state index in [1.807, 2.05) is 26.0 Å². The second kappa shape index (κ2) is 6.04. The Kier molecular flexibility index (Phi) is 4.09. The summed E-state index contributed by atoms with van der Waals surface area (Å²) < 4.78 is 5.25. The molecule has 1 N–H and O–H groups in total. The molecule has 1 aliphatic rings. The molecule has 1 fully saturated rings. The van der Waals surface area contributed by atoms with Gasteiger partial charge in [-0.2, -0.15) is 0 Å². The number of nitrogens with zero attached hydrogens (tertiary/aromatic N) is 2. The number of aromatic nitrogens is 1. The van der Waals surface area contributed by atoms with E-state index in [4.69, 9.17) is 16.1 Å². The standard InChI is InChI=1S/C16H16ClN3O3/c1-9(2)14-15(21)20(16(22)18-14)8-12-7-13(19-23-12)10-3-5-11(17)6-4-10/h3-7,9,14H,8H2,1-2H3,(H,18,22). The minimum atomic E-state index is -0.485. The first-order valence-electron chi connectivity index (χ1n) is 7.29. The lowest BCUT2D eigenvalue weighted by Crippen LogP contribution is -2.34. The summed E-state index contributed by atoms with van der Waals surface area (Å²) in [6.07, 6.45) is 0. The molecular weight excluding hydrogens is 318 g/mol. The Morgan fingerprint density at radius 3 is 2.61 bits per heavy atom. The summed E-state index contributed by atoms with van der Waals surface area (Å²) in [5, 5.41) is 7.29. The summed E-state index contributed by atoms with van der Waals surface area (Å²) in [5.41, 5.74) is 1.48. The molecule has 0 saturated carbocycles. The smallest absolute Gasteiger partial charge is 0.325 e. The monoisotopic (exact) mass is 333 g/mol. The van der Waals surface area contributed by atoms with E-state index in [-0.39, 0.29) is 18.4 Å². The Balaban J connectivity index is 1.75. The molecule has 1 aromatic carbocycles. The summed E-state index contributed by atoms with van der Waals surface area (Å²) in [6.45, 7) is 3.84. The minimum absolute atomic E-state index is 0.0378. The second-order valence-corrected chi connectivity index (χ2v) is 6.22. The number of urea groups is 1. The third-order valence-electron chi connectivity index (χ3n) is 3.74. The van der Waals surface area contributed by atoms with Crippen molar-refractivity contribution in [1.82, 2.24) is 15.4 Å². The normalized spacial score (nSPS) is 17.9. The largest absolute Gasteiger partial charge is 0.359 e. The van der Waals surface area contributed by atoms with E-state index in [1.54, 1.807) is 18.2 Å². The maximum absolute atomic E-state index is 12.2. The average Bonchev–Trinajstić information content (AvgIpc) is 3.08. The van der Waals surface area contributed by atoms with E-state index < -0.39 is 12.1 Å². The molecule has 6 nitrogen and oxygen atoms in total. The second-order valence-electron chi connectivity index (χ2n) is 5.78. The molecule has 1 aromatic heterocycles. The van der Waals surface area contributed by atoms with Gasteiger partial charge in [0, 0.05) is 16.7 Å². The van der Waals surface area contributed by atoms with Gasteiger partial charge >= 0.3 is 6.03 Å². The topological polar surface area (TPSA) is 75.4 Å². The molecule has 0 radical (unpaired) electrons. The van der Waals surface area contributed by atoms with Crippen LogP contribution >= 0.6 is 11.6 Å². The quantitative estimate of drug-likeness (QED) is 0.872. The van der Waals surface area contributed by atoms with Crippen molar-refractivity contribution in [2.24, 2.45) is 5.92 Å². The fourth-order valence-electron chi connectivity index (χ4n) is 2.44. The van der Waals surface area contributed by atoms with E-state index >= 15 is 0 Å². The number of hydrogen-bond acceptors (Lipinski definition) is 4. The molecule has 1 saturated heterocycles. The number of rotatable bonds is 4. The van der Waals surface area contributed by atoms with Crippen LogP contribution in [-0.4, -0.2) is 28.0 Å². The lowest BCUT2D eigenvalue weighted by molar-refractivity contribution is -0.128. The number of amides is 3. The fourth-order valence-corrected chi connectivity index (χ4v) is 2.57. The zero-order valence-corrected chi connectivity index (χ0v) is 13.5. The fraction of sp³-hybridized carbons (Fsp3) is 0.312. The van der Waals surface area contributed by atoms with Gasteiger partial charge in [0.05, 0.1) is 6.54 Å². The Bertz CT molecular complexity index is 739. The summed E-state index contributed by atoms with van der Waals surface area (Å²) in [4.78, 5) is 25.3. The van der Waals surface area contributed by atoms with Gasteiger partial charge in [-0.1, -0.05) is 42.7 Å². The van der Waals surface area contributed by atoms with Crippen LogP contribution in [0, 0.1) is 5.92 Å². The molecule has 23 heavy (non-hydrogen) atoms. The highest BCUT2D eigenvalue weighted by atomic mass is 35.5. The number of nitrogens with one attached hydrogen (secondary N) is 1. The maximum Gasteiger partial charge on any atom is 0.325 e. The van der Waals surface area contributed by atoms with E-state index in [9.17, 15) is 9.59 Å². The lowest BCUT2D eigenvalue weighted by Gasteiger charge is -2.12. The predicted octanol–water partition coefficient (Wildman–Crippen LogP) is 3.07. The average molecular weight is 334 g/mol. The van der Waals surface area contributed by atoms with Crippen molar-refractivity contribution >= 4 is 23.5 Å². The van der Waals surface area contributed by atoms with Crippen molar-refractivity contribution in [2.45, 2.75) is 26.4 Å². The molecule has 2 heterocycles. The van der Waals surface area contributed by atoms with Crippen molar-refractivity contribution in [3.63, 3.8) is 0 Å². The van der Waals surface area contributed by atoms with Gasteiger partial charge in [-0.05, 0) is 18.1 Å². The van der Waals surface area contributed by atoms with Gasteiger partial charge in [0.1, 0.15) is 11.7 Å². The predicted molar refractivity (Wildman–Crippen MR) is 84.7 cm³/mol. The highest BCUT2D eigenvalue weighted by Gasteiger charge is 2.40. The van der Waals surface area contributed by atoms with Gasteiger partial charge < -0.3 is 9.84 Å². The van der Waals surface area contributed by atoms with Crippen LogP contribution in [-0.2, 0) is 11.3 Å². The Morgan fingerprint density at radius 2 is 2.00 bits per heavy atom. The van der Waals surface area contributed by atoms with Crippen molar-refractivity contribution in [3.8, 4) is 11.3 Å². The first kappa shape index (κ1) is 15.6. The first-order valence-corrected chi connectivity index (χ1v) is 7.67. The molecule has 1 unspecified atom stereocenters. The molecule has 3 rings (SSSR count). The van der Waals surface area contributed by atoms with Gasteiger partial charge in [0.2, 0.25) is 0 Å². The number of benzene rings is 1. The first-order chi connectivity index (χ1) is 11.0. The zero-order chi connectivity index (χ0) is 16.6.